The van der Waals surface area contributed by atoms with Crippen molar-refractivity contribution < 1.29 is 14.2 Å². The van der Waals surface area contributed by atoms with E-state index in [4.69, 9.17) is 21.4 Å². The lowest BCUT2D eigenvalue weighted by Crippen LogP contribution is -1.97. The maximum atomic E-state index is 13.1. The van der Waals surface area contributed by atoms with Crippen molar-refractivity contribution >= 4 is 11.6 Å². The van der Waals surface area contributed by atoms with Gasteiger partial charge in [-0.3, -0.25) is 0 Å². The van der Waals surface area contributed by atoms with Crippen LogP contribution in [0.1, 0.15) is 13.3 Å². The highest BCUT2D eigenvalue weighted by Crippen LogP contribution is 2.29. The molecule has 0 saturated carbocycles. The molecule has 72 valence electrons. The number of rotatable bonds is 3. The first-order valence-corrected chi connectivity index (χ1v) is 4.33. The molecule has 0 heterocycles. The predicted octanol–water partition coefficient (Wildman–Crippen LogP) is 2.97. The topological polar surface area (TPSA) is 29.5 Å². The van der Waals surface area contributed by atoms with Gasteiger partial charge in [-0.15, -0.1) is 0 Å². The van der Waals surface area contributed by atoms with Gasteiger partial charge >= 0.3 is 0 Å². The minimum atomic E-state index is -0.632. The van der Waals surface area contributed by atoms with Crippen molar-refractivity contribution in [3.63, 3.8) is 0 Å². The van der Waals surface area contributed by atoms with E-state index >= 15 is 0 Å². The van der Waals surface area contributed by atoms with Crippen molar-refractivity contribution in [3.05, 3.63) is 23.0 Å². The third-order valence-electron chi connectivity index (χ3n) is 1.44. The van der Waals surface area contributed by atoms with E-state index in [1.54, 1.807) is 0 Å². The van der Waals surface area contributed by atoms with Crippen molar-refractivity contribution in [1.82, 2.24) is 0 Å². The van der Waals surface area contributed by atoms with E-state index in [0.29, 0.717) is 6.61 Å². The Labute approximate surface area is 80.9 Å². The quantitative estimate of drug-likeness (QED) is 0.820. The molecule has 1 aromatic rings. The zero-order valence-electron chi connectivity index (χ0n) is 7.18. The first-order valence-electron chi connectivity index (χ1n) is 3.96. The maximum absolute atomic E-state index is 13.1. The fraction of sp³-hybridized carbons (Fsp3) is 0.333. The molecule has 0 bridgehead atoms. The van der Waals surface area contributed by atoms with Crippen LogP contribution in [-0.2, 0) is 0 Å². The summed E-state index contributed by atoms with van der Waals surface area (Å²) in [6.07, 6.45) is 0.771. The van der Waals surface area contributed by atoms with Crippen molar-refractivity contribution in [1.29, 1.82) is 0 Å². The third-order valence-corrected chi connectivity index (χ3v) is 1.72. The van der Waals surface area contributed by atoms with Gasteiger partial charge in [0.1, 0.15) is 5.75 Å². The van der Waals surface area contributed by atoms with Gasteiger partial charge in [0.15, 0.2) is 11.6 Å². The predicted molar refractivity (Wildman–Crippen MR) is 48.9 cm³/mol. The lowest BCUT2D eigenvalue weighted by molar-refractivity contribution is 0.299. The van der Waals surface area contributed by atoms with E-state index in [1.165, 1.54) is 6.07 Å². The number of aromatic hydroxyl groups is 1. The molecule has 4 heteroatoms. The number of ether oxygens (including phenoxy) is 1. The summed E-state index contributed by atoms with van der Waals surface area (Å²) in [5.74, 6) is -0.739. The van der Waals surface area contributed by atoms with Crippen molar-refractivity contribution in [2.45, 2.75) is 13.3 Å². The molecular formula is C9H10ClFO2. The van der Waals surface area contributed by atoms with Gasteiger partial charge in [0, 0.05) is 12.1 Å². The Morgan fingerprint density at radius 1 is 1.54 bits per heavy atom. The number of hydrogen-bond acceptors (Lipinski definition) is 2. The highest BCUT2D eigenvalue weighted by atomic mass is 35.5. The summed E-state index contributed by atoms with van der Waals surface area (Å²) in [4.78, 5) is 0. The van der Waals surface area contributed by atoms with E-state index in [9.17, 15) is 4.39 Å². The zero-order valence-corrected chi connectivity index (χ0v) is 7.94. The molecule has 0 unspecified atom stereocenters. The molecule has 13 heavy (non-hydrogen) atoms. The van der Waals surface area contributed by atoms with Crippen LogP contribution in [0.15, 0.2) is 12.1 Å². The third kappa shape index (κ3) is 2.49. The number of benzene rings is 1. The Bertz CT molecular complexity index is 302. The highest BCUT2D eigenvalue weighted by molar-refractivity contribution is 6.31. The Kier molecular flexibility index (Phi) is 3.37. The zero-order chi connectivity index (χ0) is 9.84. The smallest absolute Gasteiger partial charge is 0.183 e. The van der Waals surface area contributed by atoms with Crippen LogP contribution in [0.5, 0.6) is 11.5 Å². The minimum absolute atomic E-state index is 0.00755. The van der Waals surface area contributed by atoms with E-state index < -0.39 is 5.82 Å². The second kappa shape index (κ2) is 4.33. The fourth-order valence-corrected chi connectivity index (χ4v) is 1.07. The summed E-state index contributed by atoms with van der Waals surface area (Å²) < 4.78 is 18.2. The molecule has 1 rings (SSSR count). The van der Waals surface area contributed by atoms with Gasteiger partial charge in [-0.25, -0.2) is 4.39 Å². The molecule has 0 spiro atoms. The molecule has 0 aromatic heterocycles. The van der Waals surface area contributed by atoms with Gasteiger partial charge in [-0.05, 0) is 6.42 Å². The molecule has 1 aromatic carbocycles. The lowest BCUT2D eigenvalue weighted by atomic mass is 10.3. The summed E-state index contributed by atoms with van der Waals surface area (Å²) in [5, 5.41) is 8.95. The summed E-state index contributed by atoms with van der Waals surface area (Å²) in [5.41, 5.74) is 0. The van der Waals surface area contributed by atoms with Crippen LogP contribution in [0.2, 0.25) is 5.02 Å². The van der Waals surface area contributed by atoms with Crippen LogP contribution < -0.4 is 4.74 Å². The van der Waals surface area contributed by atoms with Gasteiger partial charge in [0.05, 0.1) is 11.6 Å². The molecule has 0 radical (unpaired) electrons. The van der Waals surface area contributed by atoms with Gasteiger partial charge in [-0.1, -0.05) is 18.5 Å². The van der Waals surface area contributed by atoms with Crippen LogP contribution >= 0.6 is 11.6 Å². The van der Waals surface area contributed by atoms with Crippen LogP contribution in [0.4, 0.5) is 4.39 Å². The van der Waals surface area contributed by atoms with Crippen molar-refractivity contribution in [2.24, 2.45) is 0 Å². The number of halogens is 2. The number of phenolic OH excluding ortho intramolecular Hbond substituents is 1. The van der Waals surface area contributed by atoms with Crippen molar-refractivity contribution in [3.8, 4) is 11.5 Å². The molecule has 0 aliphatic rings. The van der Waals surface area contributed by atoms with Crippen LogP contribution in [-0.4, -0.2) is 11.7 Å². The number of hydrogen-bond donors (Lipinski definition) is 1. The SMILES string of the molecule is CCCOc1cc(O)cc(Cl)c1F. The Hall–Kier alpha value is -0.960. The first kappa shape index (κ1) is 10.1. The van der Waals surface area contributed by atoms with E-state index in [2.05, 4.69) is 0 Å². The molecule has 0 aliphatic carbocycles. The van der Waals surface area contributed by atoms with E-state index in [-0.39, 0.29) is 16.5 Å². The summed E-state index contributed by atoms with van der Waals surface area (Å²) >= 11 is 5.48. The molecule has 0 atom stereocenters. The monoisotopic (exact) mass is 204 g/mol. The van der Waals surface area contributed by atoms with Crippen LogP contribution in [0.25, 0.3) is 0 Å². The molecule has 0 saturated heterocycles. The maximum Gasteiger partial charge on any atom is 0.183 e. The Morgan fingerprint density at radius 2 is 2.23 bits per heavy atom. The number of phenols is 1. The van der Waals surface area contributed by atoms with Gasteiger partial charge in [-0.2, -0.15) is 0 Å². The second-order valence-corrected chi connectivity index (χ2v) is 3.00. The van der Waals surface area contributed by atoms with Gasteiger partial charge < -0.3 is 9.84 Å². The summed E-state index contributed by atoms with van der Waals surface area (Å²) in [7, 11) is 0. The van der Waals surface area contributed by atoms with Crippen molar-refractivity contribution in [2.75, 3.05) is 6.61 Å². The largest absolute Gasteiger partial charge is 0.508 e. The molecule has 0 aliphatic heterocycles. The summed E-state index contributed by atoms with van der Waals surface area (Å²) in [6.45, 7) is 2.30. The molecule has 1 N–H and O–H groups in total. The van der Waals surface area contributed by atoms with E-state index in [1.807, 2.05) is 6.92 Å². The first-order chi connectivity index (χ1) is 6.15. The average Bonchev–Trinajstić information content (AvgIpc) is 2.09. The van der Waals surface area contributed by atoms with Crippen LogP contribution in [0, 0.1) is 5.82 Å². The fourth-order valence-electron chi connectivity index (χ4n) is 0.867. The molecular weight excluding hydrogens is 195 g/mol. The van der Waals surface area contributed by atoms with Crippen LogP contribution in [0.3, 0.4) is 0 Å². The molecule has 2 nitrogen and oxygen atoms in total. The lowest BCUT2D eigenvalue weighted by Gasteiger charge is -2.06. The average molecular weight is 205 g/mol. The normalized spacial score (nSPS) is 10.1. The van der Waals surface area contributed by atoms with Gasteiger partial charge in [0.2, 0.25) is 0 Å². The highest BCUT2D eigenvalue weighted by Gasteiger charge is 2.09. The second-order valence-electron chi connectivity index (χ2n) is 2.59. The van der Waals surface area contributed by atoms with E-state index in [0.717, 1.165) is 12.5 Å². The molecule has 0 fully saturated rings. The molecule has 0 amide bonds. The Morgan fingerprint density at radius 3 is 2.85 bits per heavy atom. The van der Waals surface area contributed by atoms with Gasteiger partial charge in [0.25, 0.3) is 0 Å². The standard InChI is InChI=1S/C9H10ClFO2/c1-2-3-13-8-5-6(12)4-7(10)9(8)11/h4-5,12H,2-3H2,1H3. The minimum Gasteiger partial charge on any atom is -0.508 e. The summed E-state index contributed by atoms with van der Waals surface area (Å²) in [6, 6.07) is 2.34. The Balaban J connectivity index is 2.92.